The Morgan fingerprint density at radius 2 is 2.18 bits per heavy atom. The fourth-order valence-corrected chi connectivity index (χ4v) is 2.02. The lowest BCUT2D eigenvalue weighted by Crippen LogP contribution is -2.40. The van der Waals surface area contributed by atoms with Gasteiger partial charge in [-0.15, -0.1) is 0 Å². The zero-order valence-electron chi connectivity index (χ0n) is 10.1. The van der Waals surface area contributed by atoms with Crippen LogP contribution in [0.5, 0.6) is 5.75 Å². The normalized spacial score (nSPS) is 21.6. The highest BCUT2D eigenvalue weighted by atomic mass is 16.5. The molecule has 0 bridgehead atoms. The molecular formula is C13H19NO3. The zero-order valence-corrected chi connectivity index (χ0v) is 10.1. The summed E-state index contributed by atoms with van der Waals surface area (Å²) in [5, 5.41) is 9.26. The van der Waals surface area contributed by atoms with Gasteiger partial charge in [0.25, 0.3) is 0 Å². The molecule has 1 aliphatic rings. The van der Waals surface area contributed by atoms with Crippen molar-refractivity contribution in [1.29, 1.82) is 0 Å². The largest absolute Gasteiger partial charge is 0.508 e. The maximum atomic E-state index is 9.26. The summed E-state index contributed by atoms with van der Waals surface area (Å²) in [6, 6.07) is 7.24. The van der Waals surface area contributed by atoms with E-state index in [1.807, 2.05) is 12.1 Å². The Hall–Kier alpha value is -1.10. The van der Waals surface area contributed by atoms with Gasteiger partial charge >= 0.3 is 0 Å². The Labute approximate surface area is 102 Å². The van der Waals surface area contributed by atoms with E-state index in [1.165, 1.54) is 0 Å². The smallest absolute Gasteiger partial charge is 0.115 e. The number of methoxy groups -OCH3 is 1. The Morgan fingerprint density at radius 3 is 2.88 bits per heavy atom. The van der Waals surface area contributed by atoms with Crippen LogP contribution in [0, 0.1) is 0 Å². The molecule has 1 aliphatic heterocycles. The zero-order chi connectivity index (χ0) is 12.1. The van der Waals surface area contributed by atoms with Crippen LogP contribution < -0.4 is 0 Å². The van der Waals surface area contributed by atoms with Crippen LogP contribution in [-0.2, 0) is 9.47 Å². The summed E-state index contributed by atoms with van der Waals surface area (Å²) in [4.78, 5) is 2.34. The molecule has 0 radical (unpaired) electrons. The number of phenols is 1. The van der Waals surface area contributed by atoms with E-state index in [1.54, 1.807) is 19.2 Å². The van der Waals surface area contributed by atoms with Gasteiger partial charge in [-0.2, -0.15) is 0 Å². The molecule has 4 nitrogen and oxygen atoms in total. The van der Waals surface area contributed by atoms with Crippen molar-refractivity contribution in [2.75, 3.05) is 40.0 Å². The summed E-state index contributed by atoms with van der Waals surface area (Å²) in [6.45, 7) is 4.28. The highest BCUT2D eigenvalue weighted by molar-refractivity contribution is 5.27. The second-order valence-corrected chi connectivity index (χ2v) is 4.24. The van der Waals surface area contributed by atoms with Crippen LogP contribution >= 0.6 is 0 Å². The van der Waals surface area contributed by atoms with Gasteiger partial charge in [0.2, 0.25) is 0 Å². The van der Waals surface area contributed by atoms with Crippen molar-refractivity contribution in [3.63, 3.8) is 0 Å². The van der Waals surface area contributed by atoms with Gasteiger partial charge in [0.15, 0.2) is 0 Å². The average molecular weight is 237 g/mol. The molecule has 0 spiro atoms. The highest BCUT2D eigenvalue weighted by Crippen LogP contribution is 2.23. The maximum absolute atomic E-state index is 9.26. The minimum absolute atomic E-state index is 0.0983. The van der Waals surface area contributed by atoms with E-state index in [9.17, 15) is 5.11 Å². The molecule has 0 amide bonds. The lowest BCUT2D eigenvalue weighted by atomic mass is 10.1. The van der Waals surface area contributed by atoms with Crippen molar-refractivity contribution in [3.8, 4) is 5.75 Å². The van der Waals surface area contributed by atoms with E-state index in [4.69, 9.17) is 9.47 Å². The van der Waals surface area contributed by atoms with Gasteiger partial charge in [-0.3, -0.25) is 4.90 Å². The van der Waals surface area contributed by atoms with Gasteiger partial charge in [-0.05, 0) is 17.7 Å². The van der Waals surface area contributed by atoms with E-state index >= 15 is 0 Å². The van der Waals surface area contributed by atoms with Gasteiger partial charge in [-0.25, -0.2) is 0 Å². The third kappa shape index (κ3) is 3.43. The second-order valence-electron chi connectivity index (χ2n) is 4.24. The van der Waals surface area contributed by atoms with Crippen molar-refractivity contribution in [3.05, 3.63) is 29.8 Å². The number of aromatic hydroxyl groups is 1. The fourth-order valence-electron chi connectivity index (χ4n) is 2.02. The Bertz CT molecular complexity index is 339. The topological polar surface area (TPSA) is 41.9 Å². The molecule has 94 valence electrons. The summed E-state index contributed by atoms with van der Waals surface area (Å²) < 4.78 is 10.8. The third-order valence-electron chi connectivity index (χ3n) is 3.03. The molecule has 1 saturated heterocycles. The second kappa shape index (κ2) is 6.00. The maximum Gasteiger partial charge on any atom is 0.115 e. The molecule has 1 aromatic carbocycles. The number of hydrogen-bond acceptors (Lipinski definition) is 4. The molecule has 1 heterocycles. The number of nitrogens with zero attached hydrogens (tertiary/aromatic N) is 1. The van der Waals surface area contributed by atoms with Crippen LogP contribution in [0.4, 0.5) is 0 Å². The predicted octanol–water partition coefficient (Wildman–Crippen LogP) is 1.41. The molecule has 1 fully saturated rings. The first-order valence-corrected chi connectivity index (χ1v) is 5.91. The van der Waals surface area contributed by atoms with Crippen molar-refractivity contribution < 1.29 is 14.6 Å². The minimum Gasteiger partial charge on any atom is -0.508 e. The first-order valence-electron chi connectivity index (χ1n) is 5.91. The van der Waals surface area contributed by atoms with E-state index in [0.717, 1.165) is 38.4 Å². The number of ether oxygens (including phenoxy) is 2. The van der Waals surface area contributed by atoms with Gasteiger partial charge in [0, 0.05) is 26.7 Å². The summed E-state index contributed by atoms with van der Waals surface area (Å²) in [5.74, 6) is 0.292. The summed E-state index contributed by atoms with van der Waals surface area (Å²) in [6.07, 6.45) is 0.0983. The molecule has 17 heavy (non-hydrogen) atoms. The fraction of sp³-hybridized carbons (Fsp3) is 0.538. The van der Waals surface area contributed by atoms with Crippen LogP contribution in [0.3, 0.4) is 0 Å². The standard InChI is InChI=1S/C13H19NO3/c1-16-8-6-14-7-9-17-13(10-14)11-2-4-12(15)5-3-11/h2-5,13,15H,6-10H2,1H3. The van der Waals surface area contributed by atoms with Crippen LogP contribution in [0.1, 0.15) is 11.7 Å². The third-order valence-corrected chi connectivity index (χ3v) is 3.03. The van der Waals surface area contributed by atoms with E-state index in [0.29, 0.717) is 5.75 Å². The Balaban J connectivity index is 1.94. The van der Waals surface area contributed by atoms with Gasteiger partial charge in [-0.1, -0.05) is 12.1 Å². The highest BCUT2D eigenvalue weighted by Gasteiger charge is 2.21. The quantitative estimate of drug-likeness (QED) is 0.859. The van der Waals surface area contributed by atoms with Crippen molar-refractivity contribution >= 4 is 0 Å². The lowest BCUT2D eigenvalue weighted by Gasteiger charge is -2.32. The van der Waals surface area contributed by atoms with Crippen molar-refractivity contribution in [2.24, 2.45) is 0 Å². The molecule has 1 atom stereocenters. The lowest BCUT2D eigenvalue weighted by molar-refractivity contribution is -0.0356. The van der Waals surface area contributed by atoms with Crippen LogP contribution in [0.2, 0.25) is 0 Å². The Kier molecular flexibility index (Phi) is 4.36. The van der Waals surface area contributed by atoms with E-state index in [-0.39, 0.29) is 6.10 Å². The van der Waals surface area contributed by atoms with Crippen molar-refractivity contribution in [2.45, 2.75) is 6.10 Å². The first-order chi connectivity index (χ1) is 8.29. The molecule has 0 aromatic heterocycles. The Morgan fingerprint density at radius 1 is 1.41 bits per heavy atom. The molecule has 1 N–H and O–H groups in total. The summed E-state index contributed by atoms with van der Waals surface area (Å²) in [5.41, 5.74) is 1.12. The average Bonchev–Trinajstić information content (AvgIpc) is 2.37. The van der Waals surface area contributed by atoms with Gasteiger partial charge < -0.3 is 14.6 Å². The molecule has 0 saturated carbocycles. The number of hydrogen-bond donors (Lipinski definition) is 1. The number of benzene rings is 1. The van der Waals surface area contributed by atoms with Crippen LogP contribution in [0.15, 0.2) is 24.3 Å². The minimum atomic E-state index is 0.0983. The first kappa shape index (κ1) is 12.4. The monoisotopic (exact) mass is 237 g/mol. The SMILES string of the molecule is COCCN1CCOC(c2ccc(O)cc2)C1. The van der Waals surface area contributed by atoms with Crippen LogP contribution in [-0.4, -0.2) is 50.0 Å². The molecule has 4 heteroatoms. The summed E-state index contributed by atoms with van der Waals surface area (Å²) >= 11 is 0. The van der Waals surface area contributed by atoms with E-state index in [2.05, 4.69) is 4.90 Å². The molecule has 2 rings (SSSR count). The summed E-state index contributed by atoms with van der Waals surface area (Å²) in [7, 11) is 1.72. The molecule has 0 aliphatic carbocycles. The van der Waals surface area contributed by atoms with Crippen LogP contribution in [0.25, 0.3) is 0 Å². The van der Waals surface area contributed by atoms with Gasteiger partial charge in [0.05, 0.1) is 19.3 Å². The molecule has 1 aromatic rings. The number of morpholine rings is 1. The predicted molar refractivity (Wildman–Crippen MR) is 65.1 cm³/mol. The number of phenolic OH excluding ortho intramolecular Hbond substituents is 1. The van der Waals surface area contributed by atoms with E-state index < -0.39 is 0 Å². The van der Waals surface area contributed by atoms with Gasteiger partial charge in [0.1, 0.15) is 5.75 Å². The van der Waals surface area contributed by atoms with Crippen molar-refractivity contribution in [1.82, 2.24) is 4.90 Å². The molecule has 1 unspecified atom stereocenters. The number of rotatable bonds is 4. The molecular weight excluding hydrogens is 218 g/mol.